The first-order valence-electron chi connectivity index (χ1n) is 4.48. The second-order valence-corrected chi connectivity index (χ2v) is 3.27. The Kier molecular flexibility index (Phi) is 2.33. The highest BCUT2D eigenvalue weighted by Crippen LogP contribution is 2.20. The van der Waals surface area contributed by atoms with E-state index in [0.29, 0.717) is 11.3 Å². The number of aromatic nitrogens is 2. The van der Waals surface area contributed by atoms with E-state index in [9.17, 15) is 9.18 Å². The lowest BCUT2D eigenvalue weighted by Gasteiger charge is -2.03. The van der Waals surface area contributed by atoms with Gasteiger partial charge in [-0.2, -0.15) is 0 Å². The van der Waals surface area contributed by atoms with E-state index in [2.05, 4.69) is 9.97 Å². The monoisotopic (exact) mass is 204 g/mol. The van der Waals surface area contributed by atoms with Crippen LogP contribution in [0.3, 0.4) is 0 Å². The molecule has 2 rings (SSSR count). The molecule has 1 aromatic heterocycles. The quantitative estimate of drug-likeness (QED) is 0.770. The Balaban J connectivity index is 2.63. The number of benzene rings is 1. The third-order valence-electron chi connectivity index (χ3n) is 2.09. The smallest absolute Gasteiger partial charge is 0.305 e. The number of aromatic amines is 1. The molecule has 15 heavy (non-hydrogen) atoms. The number of halogens is 1. The van der Waals surface area contributed by atoms with Crippen LogP contribution in [0.2, 0.25) is 0 Å². The highest BCUT2D eigenvalue weighted by molar-refractivity contribution is 5.60. The van der Waals surface area contributed by atoms with Crippen LogP contribution in [-0.4, -0.2) is 9.97 Å². The highest BCUT2D eigenvalue weighted by atomic mass is 19.1. The minimum Gasteiger partial charge on any atom is -0.305 e. The molecule has 0 fully saturated rings. The van der Waals surface area contributed by atoms with Gasteiger partial charge in [0.2, 0.25) is 0 Å². The molecule has 1 aromatic carbocycles. The van der Waals surface area contributed by atoms with Gasteiger partial charge in [0.15, 0.2) is 0 Å². The zero-order chi connectivity index (χ0) is 10.8. The summed E-state index contributed by atoms with van der Waals surface area (Å²) in [6.07, 6.45) is 1.36. The van der Waals surface area contributed by atoms with Crippen molar-refractivity contribution >= 4 is 0 Å². The summed E-state index contributed by atoms with van der Waals surface area (Å²) >= 11 is 0. The van der Waals surface area contributed by atoms with Crippen molar-refractivity contribution in [3.8, 4) is 11.3 Å². The average Bonchev–Trinajstić information content (AvgIpc) is 2.22. The molecule has 2 aromatic rings. The van der Waals surface area contributed by atoms with Crippen molar-refractivity contribution in [1.82, 2.24) is 9.97 Å². The summed E-state index contributed by atoms with van der Waals surface area (Å²) in [6.45, 7) is 1.86. The van der Waals surface area contributed by atoms with Crippen molar-refractivity contribution in [1.29, 1.82) is 0 Å². The fourth-order valence-corrected chi connectivity index (χ4v) is 1.37. The first-order chi connectivity index (χ1) is 7.16. The molecular formula is C11H9FN2O. The Morgan fingerprint density at radius 3 is 2.87 bits per heavy atom. The van der Waals surface area contributed by atoms with Gasteiger partial charge in [0.1, 0.15) is 5.82 Å². The second kappa shape index (κ2) is 3.65. The second-order valence-electron chi connectivity index (χ2n) is 3.27. The molecule has 0 aliphatic rings. The van der Waals surface area contributed by atoms with E-state index in [1.165, 1.54) is 12.3 Å². The number of hydrogen-bond donors (Lipinski definition) is 1. The number of hydrogen-bond acceptors (Lipinski definition) is 2. The topological polar surface area (TPSA) is 45.8 Å². The molecule has 0 atom stereocenters. The van der Waals surface area contributed by atoms with Gasteiger partial charge in [-0.15, -0.1) is 0 Å². The first kappa shape index (κ1) is 9.58. The third-order valence-corrected chi connectivity index (χ3v) is 2.09. The van der Waals surface area contributed by atoms with Gasteiger partial charge < -0.3 is 4.98 Å². The fraction of sp³-hybridized carbons (Fsp3) is 0.0909. The number of nitrogens with one attached hydrogen (secondary N) is 1. The summed E-state index contributed by atoms with van der Waals surface area (Å²) in [5, 5.41) is 0. The molecule has 0 spiro atoms. The van der Waals surface area contributed by atoms with Crippen molar-refractivity contribution < 1.29 is 4.39 Å². The van der Waals surface area contributed by atoms with Crippen LogP contribution in [-0.2, 0) is 0 Å². The number of rotatable bonds is 1. The van der Waals surface area contributed by atoms with E-state index in [0.717, 1.165) is 5.56 Å². The largest absolute Gasteiger partial charge is 0.345 e. The van der Waals surface area contributed by atoms with Gasteiger partial charge in [-0.05, 0) is 25.1 Å². The Morgan fingerprint density at radius 1 is 1.33 bits per heavy atom. The van der Waals surface area contributed by atoms with Gasteiger partial charge in [0.05, 0.1) is 5.69 Å². The van der Waals surface area contributed by atoms with E-state index in [1.807, 2.05) is 6.92 Å². The lowest BCUT2D eigenvalue weighted by molar-refractivity contribution is 0.630. The molecule has 0 unspecified atom stereocenters. The van der Waals surface area contributed by atoms with Gasteiger partial charge in [0.25, 0.3) is 0 Å². The van der Waals surface area contributed by atoms with Crippen LogP contribution in [0.1, 0.15) is 5.56 Å². The predicted octanol–water partition coefficient (Wildman–Crippen LogP) is 1.88. The standard InChI is InChI=1S/C11H9FN2O/c1-7-2-3-9(12)8(6-7)10-4-5-13-11(15)14-10/h2-6H,1H3,(H,13,14,15). The predicted molar refractivity (Wildman–Crippen MR) is 55.0 cm³/mol. The molecule has 4 heteroatoms. The number of nitrogens with zero attached hydrogens (tertiary/aromatic N) is 1. The molecule has 0 amide bonds. The van der Waals surface area contributed by atoms with Crippen LogP contribution in [0.5, 0.6) is 0 Å². The summed E-state index contributed by atoms with van der Waals surface area (Å²) in [7, 11) is 0. The number of H-pyrrole nitrogens is 1. The van der Waals surface area contributed by atoms with Crippen LogP contribution in [0.25, 0.3) is 11.3 Å². The summed E-state index contributed by atoms with van der Waals surface area (Å²) in [4.78, 5) is 16.9. The maximum absolute atomic E-state index is 13.4. The summed E-state index contributed by atoms with van der Waals surface area (Å²) in [6, 6.07) is 6.31. The molecule has 0 bridgehead atoms. The van der Waals surface area contributed by atoms with Crippen molar-refractivity contribution in [2.75, 3.05) is 0 Å². The normalized spacial score (nSPS) is 10.3. The third kappa shape index (κ3) is 1.93. The Labute approximate surface area is 85.6 Å². The molecule has 0 saturated carbocycles. The van der Waals surface area contributed by atoms with Crippen LogP contribution < -0.4 is 5.69 Å². The van der Waals surface area contributed by atoms with Crippen LogP contribution in [0, 0.1) is 12.7 Å². The van der Waals surface area contributed by atoms with Gasteiger partial charge in [-0.3, -0.25) is 0 Å². The van der Waals surface area contributed by atoms with E-state index in [4.69, 9.17) is 0 Å². The van der Waals surface area contributed by atoms with E-state index in [-0.39, 0.29) is 5.82 Å². The molecule has 1 N–H and O–H groups in total. The van der Waals surface area contributed by atoms with E-state index < -0.39 is 5.69 Å². The molecular weight excluding hydrogens is 195 g/mol. The van der Waals surface area contributed by atoms with Gasteiger partial charge in [-0.1, -0.05) is 11.6 Å². The van der Waals surface area contributed by atoms with Gasteiger partial charge in [-0.25, -0.2) is 14.2 Å². The van der Waals surface area contributed by atoms with Crippen LogP contribution in [0.4, 0.5) is 4.39 Å². The zero-order valence-electron chi connectivity index (χ0n) is 8.12. The van der Waals surface area contributed by atoms with Crippen molar-refractivity contribution in [2.24, 2.45) is 0 Å². The Hall–Kier alpha value is -1.97. The molecule has 0 radical (unpaired) electrons. The minimum absolute atomic E-state index is 0.359. The molecule has 0 aliphatic heterocycles. The SMILES string of the molecule is Cc1ccc(F)c(-c2ccnc(=O)[nH]2)c1. The highest BCUT2D eigenvalue weighted by Gasteiger charge is 2.05. The summed E-state index contributed by atoms with van der Waals surface area (Å²) in [5.74, 6) is -0.359. The van der Waals surface area contributed by atoms with Gasteiger partial charge in [0, 0.05) is 11.8 Å². The molecule has 3 nitrogen and oxygen atoms in total. The van der Waals surface area contributed by atoms with Gasteiger partial charge >= 0.3 is 5.69 Å². The molecule has 0 saturated heterocycles. The summed E-state index contributed by atoms with van der Waals surface area (Å²) in [5.41, 5.74) is 1.28. The maximum Gasteiger partial charge on any atom is 0.345 e. The van der Waals surface area contributed by atoms with E-state index >= 15 is 0 Å². The lowest BCUT2D eigenvalue weighted by Crippen LogP contribution is -2.09. The fourth-order valence-electron chi connectivity index (χ4n) is 1.37. The minimum atomic E-state index is -0.478. The average molecular weight is 204 g/mol. The Morgan fingerprint density at radius 2 is 2.13 bits per heavy atom. The Bertz CT molecular complexity index is 548. The maximum atomic E-state index is 13.4. The van der Waals surface area contributed by atoms with Crippen molar-refractivity contribution in [2.45, 2.75) is 6.92 Å². The first-order valence-corrected chi connectivity index (χ1v) is 4.48. The van der Waals surface area contributed by atoms with Crippen LogP contribution >= 0.6 is 0 Å². The van der Waals surface area contributed by atoms with Crippen LogP contribution in [0.15, 0.2) is 35.3 Å². The molecule has 1 heterocycles. The zero-order valence-corrected chi connectivity index (χ0v) is 8.12. The van der Waals surface area contributed by atoms with Crippen molar-refractivity contribution in [3.05, 3.63) is 52.3 Å². The number of aryl methyl sites for hydroxylation is 1. The van der Waals surface area contributed by atoms with Crippen molar-refractivity contribution in [3.63, 3.8) is 0 Å². The summed E-state index contributed by atoms with van der Waals surface area (Å²) < 4.78 is 13.4. The molecule has 76 valence electrons. The molecule has 0 aliphatic carbocycles. The van der Waals surface area contributed by atoms with E-state index in [1.54, 1.807) is 18.2 Å². The lowest BCUT2D eigenvalue weighted by atomic mass is 10.1.